The summed E-state index contributed by atoms with van der Waals surface area (Å²) in [6.07, 6.45) is 3.77. The second kappa shape index (κ2) is 8.39. The summed E-state index contributed by atoms with van der Waals surface area (Å²) in [6.45, 7) is 8.94. The van der Waals surface area contributed by atoms with Crippen molar-refractivity contribution in [1.29, 1.82) is 0 Å². The van der Waals surface area contributed by atoms with Crippen molar-refractivity contribution < 1.29 is 4.74 Å². The second-order valence-electron chi connectivity index (χ2n) is 7.92. The summed E-state index contributed by atoms with van der Waals surface area (Å²) in [7, 11) is 1.69. The van der Waals surface area contributed by atoms with Gasteiger partial charge in [-0.05, 0) is 27.2 Å². The van der Waals surface area contributed by atoms with E-state index in [4.69, 9.17) is 15.6 Å². The fourth-order valence-corrected chi connectivity index (χ4v) is 5.04. The normalized spacial score (nSPS) is 17.2. The van der Waals surface area contributed by atoms with Crippen molar-refractivity contribution in [3.8, 4) is 5.75 Å². The van der Waals surface area contributed by atoms with Crippen LogP contribution >= 0.6 is 11.8 Å². The topological polar surface area (TPSA) is 104 Å². The molecule has 0 aromatic carbocycles. The number of aromatic nitrogens is 5. The zero-order valence-electron chi connectivity index (χ0n) is 18.2. The molecule has 3 aromatic heterocycles. The predicted octanol–water partition coefficient (Wildman–Crippen LogP) is 2.88. The fraction of sp³-hybridized carbons (Fsp3) is 0.524. The van der Waals surface area contributed by atoms with E-state index in [2.05, 4.69) is 34.1 Å². The first-order valence-electron chi connectivity index (χ1n) is 10.3. The van der Waals surface area contributed by atoms with Gasteiger partial charge in [0.05, 0.1) is 30.4 Å². The Morgan fingerprint density at radius 1 is 1.37 bits per heavy atom. The first-order chi connectivity index (χ1) is 14.4. The van der Waals surface area contributed by atoms with Gasteiger partial charge in [-0.1, -0.05) is 6.92 Å². The Labute approximate surface area is 181 Å². The van der Waals surface area contributed by atoms with Crippen molar-refractivity contribution in [2.75, 3.05) is 18.6 Å². The van der Waals surface area contributed by atoms with E-state index in [-0.39, 0.29) is 5.95 Å². The van der Waals surface area contributed by atoms with Gasteiger partial charge < -0.3 is 15.8 Å². The third-order valence-electron chi connectivity index (χ3n) is 5.69. The summed E-state index contributed by atoms with van der Waals surface area (Å²) in [4.78, 5) is 13.7. The molecule has 0 bridgehead atoms. The average Bonchev–Trinajstić information content (AvgIpc) is 2.95. The summed E-state index contributed by atoms with van der Waals surface area (Å²) in [5.74, 6) is 2.07. The van der Waals surface area contributed by atoms with E-state index in [0.717, 1.165) is 62.9 Å². The van der Waals surface area contributed by atoms with Crippen LogP contribution in [0.15, 0.2) is 11.2 Å². The monoisotopic (exact) mass is 427 g/mol. The Kier molecular flexibility index (Phi) is 5.84. The van der Waals surface area contributed by atoms with Gasteiger partial charge in [0.2, 0.25) is 5.95 Å². The van der Waals surface area contributed by atoms with E-state index in [1.165, 1.54) is 0 Å². The highest BCUT2D eigenvalue weighted by Crippen LogP contribution is 2.34. The molecule has 1 aliphatic heterocycles. The molecule has 2 atom stereocenters. The first-order valence-corrected chi connectivity index (χ1v) is 11.3. The highest BCUT2D eigenvalue weighted by molar-refractivity contribution is 7.99. The molecule has 0 amide bonds. The van der Waals surface area contributed by atoms with Crippen LogP contribution in [0.1, 0.15) is 42.8 Å². The Bertz CT molecular complexity index is 1080. The van der Waals surface area contributed by atoms with E-state index < -0.39 is 0 Å². The standard InChI is InChI=1S/C21H29N7OS/c1-6-12(3)24-14-7-15-17-19(25-21(22)26-20(17)30-10-14)28(27-15)9-16-13(4)18(29-5)11(2)8-23-16/h8,12,14,24H,6-7,9-10H2,1-5H3,(H2,22,25,26)/t12?,14-/m0/s1. The molecule has 0 aliphatic carbocycles. The number of nitrogens with zero attached hydrogens (tertiary/aromatic N) is 5. The molecule has 4 heterocycles. The smallest absolute Gasteiger partial charge is 0.223 e. The minimum Gasteiger partial charge on any atom is -0.496 e. The van der Waals surface area contributed by atoms with Gasteiger partial charge >= 0.3 is 0 Å². The van der Waals surface area contributed by atoms with E-state index in [1.807, 2.05) is 24.7 Å². The number of nitrogen functional groups attached to an aromatic ring is 1. The average molecular weight is 428 g/mol. The van der Waals surface area contributed by atoms with Crippen molar-refractivity contribution in [3.05, 3.63) is 28.7 Å². The number of aryl methyl sites for hydroxylation is 1. The summed E-state index contributed by atoms with van der Waals surface area (Å²) in [5, 5.41) is 10.6. The molecule has 1 unspecified atom stereocenters. The lowest BCUT2D eigenvalue weighted by Gasteiger charge is -2.20. The minimum absolute atomic E-state index is 0.275. The third-order valence-corrected chi connectivity index (χ3v) is 6.83. The van der Waals surface area contributed by atoms with E-state index >= 15 is 0 Å². The first kappa shape index (κ1) is 20.9. The highest BCUT2D eigenvalue weighted by atomic mass is 32.2. The Hall–Kier alpha value is -2.39. The number of nitrogens with one attached hydrogen (secondary N) is 1. The van der Waals surface area contributed by atoms with Crippen molar-refractivity contribution in [1.82, 2.24) is 30.0 Å². The minimum atomic E-state index is 0.275. The number of rotatable bonds is 6. The van der Waals surface area contributed by atoms with Gasteiger partial charge in [-0.2, -0.15) is 10.1 Å². The number of hydrogen-bond donors (Lipinski definition) is 2. The maximum Gasteiger partial charge on any atom is 0.223 e. The van der Waals surface area contributed by atoms with Gasteiger partial charge in [-0.25, -0.2) is 9.67 Å². The van der Waals surface area contributed by atoms with Gasteiger partial charge in [0.15, 0.2) is 5.65 Å². The molecular formula is C21H29N7OS. The van der Waals surface area contributed by atoms with Crippen LogP contribution in [0.5, 0.6) is 5.75 Å². The zero-order valence-corrected chi connectivity index (χ0v) is 19.0. The lowest BCUT2D eigenvalue weighted by Crippen LogP contribution is -2.39. The van der Waals surface area contributed by atoms with E-state index in [0.29, 0.717) is 18.6 Å². The second-order valence-corrected chi connectivity index (χ2v) is 8.93. The molecule has 3 N–H and O–H groups in total. The lowest BCUT2D eigenvalue weighted by molar-refractivity contribution is 0.406. The zero-order chi connectivity index (χ0) is 21.4. The highest BCUT2D eigenvalue weighted by Gasteiger charge is 2.26. The van der Waals surface area contributed by atoms with Crippen LogP contribution in [0.3, 0.4) is 0 Å². The fourth-order valence-electron chi connectivity index (χ4n) is 3.96. The van der Waals surface area contributed by atoms with Crippen LogP contribution in [0, 0.1) is 13.8 Å². The number of thioether (sulfide) groups is 1. The maximum atomic E-state index is 6.05. The van der Waals surface area contributed by atoms with Crippen molar-refractivity contribution in [2.45, 2.75) is 64.2 Å². The molecule has 4 rings (SSSR count). The molecule has 0 radical (unpaired) electrons. The molecule has 160 valence electrons. The van der Waals surface area contributed by atoms with Gasteiger partial charge in [-0.15, -0.1) is 11.8 Å². The summed E-state index contributed by atoms with van der Waals surface area (Å²) in [6, 6.07) is 0.781. The molecule has 9 heteroatoms. The number of pyridine rings is 1. The summed E-state index contributed by atoms with van der Waals surface area (Å²) in [5.41, 5.74) is 10.8. The number of methoxy groups -OCH3 is 1. The number of hydrogen-bond acceptors (Lipinski definition) is 8. The molecule has 3 aromatic rings. The van der Waals surface area contributed by atoms with Crippen molar-refractivity contribution in [3.63, 3.8) is 0 Å². The van der Waals surface area contributed by atoms with Crippen LogP contribution in [-0.2, 0) is 13.0 Å². The lowest BCUT2D eigenvalue weighted by atomic mass is 10.1. The molecular weight excluding hydrogens is 398 g/mol. The van der Waals surface area contributed by atoms with E-state index in [9.17, 15) is 0 Å². The molecule has 1 aliphatic rings. The maximum absolute atomic E-state index is 6.05. The van der Waals surface area contributed by atoms with E-state index in [1.54, 1.807) is 18.9 Å². The van der Waals surface area contributed by atoms with Crippen LogP contribution in [-0.4, -0.2) is 49.7 Å². The molecule has 0 spiro atoms. The Balaban J connectivity index is 1.76. The predicted molar refractivity (Wildman–Crippen MR) is 120 cm³/mol. The Morgan fingerprint density at radius 3 is 2.90 bits per heavy atom. The molecule has 0 saturated carbocycles. The van der Waals surface area contributed by atoms with Gasteiger partial charge in [0.1, 0.15) is 10.8 Å². The van der Waals surface area contributed by atoms with Crippen LogP contribution < -0.4 is 15.8 Å². The van der Waals surface area contributed by atoms with Crippen LogP contribution in [0.2, 0.25) is 0 Å². The third kappa shape index (κ3) is 3.83. The molecule has 8 nitrogen and oxygen atoms in total. The van der Waals surface area contributed by atoms with Crippen LogP contribution in [0.25, 0.3) is 11.0 Å². The largest absolute Gasteiger partial charge is 0.496 e. The molecule has 0 saturated heterocycles. The molecule has 30 heavy (non-hydrogen) atoms. The quantitative estimate of drug-likeness (QED) is 0.579. The number of ether oxygens (including phenoxy) is 1. The van der Waals surface area contributed by atoms with Gasteiger partial charge in [0.25, 0.3) is 0 Å². The molecule has 0 fully saturated rings. The Morgan fingerprint density at radius 2 is 2.17 bits per heavy atom. The van der Waals surface area contributed by atoms with Crippen molar-refractivity contribution in [2.24, 2.45) is 0 Å². The summed E-state index contributed by atoms with van der Waals surface area (Å²) >= 11 is 1.72. The summed E-state index contributed by atoms with van der Waals surface area (Å²) < 4.78 is 7.47. The van der Waals surface area contributed by atoms with Gasteiger partial charge in [0, 0.05) is 41.6 Å². The van der Waals surface area contributed by atoms with Crippen LogP contribution in [0.4, 0.5) is 5.95 Å². The SMILES string of the molecule is CCC(C)N[C@@H]1CSc2nc(N)nc3c2c(nn3Cc2ncc(C)c(OC)c2C)C1. The number of nitrogens with two attached hydrogens (primary N) is 1. The van der Waals surface area contributed by atoms with Gasteiger partial charge in [-0.3, -0.25) is 4.98 Å². The van der Waals surface area contributed by atoms with Crippen molar-refractivity contribution >= 4 is 28.7 Å². The number of anilines is 1.